The van der Waals surface area contributed by atoms with Crippen molar-refractivity contribution in [2.75, 3.05) is 15.9 Å². The van der Waals surface area contributed by atoms with E-state index in [9.17, 15) is 21.6 Å². The van der Waals surface area contributed by atoms with Gasteiger partial charge in [0, 0.05) is 29.5 Å². The summed E-state index contributed by atoms with van der Waals surface area (Å²) < 4.78 is 68.3. The average Bonchev–Trinajstić information content (AvgIpc) is 3.49. The van der Waals surface area contributed by atoms with Gasteiger partial charge in [-0.25, -0.2) is 8.42 Å². The molecule has 2 N–H and O–H groups in total. The molecule has 1 aliphatic rings. The van der Waals surface area contributed by atoms with Gasteiger partial charge in [0.1, 0.15) is 6.04 Å². The van der Waals surface area contributed by atoms with E-state index in [0.717, 1.165) is 18.4 Å². The van der Waals surface area contributed by atoms with E-state index in [0.29, 0.717) is 39.1 Å². The maximum Gasteiger partial charge on any atom is 0.416 e. The van der Waals surface area contributed by atoms with Crippen LogP contribution in [0.1, 0.15) is 34.6 Å². The molecule has 4 aromatic rings. The van der Waals surface area contributed by atoms with Crippen molar-refractivity contribution in [1.82, 2.24) is 14.9 Å². The summed E-state index contributed by atoms with van der Waals surface area (Å²) in [4.78, 5) is 6.40. The number of benzene rings is 2. The summed E-state index contributed by atoms with van der Waals surface area (Å²) >= 11 is 5.76. The zero-order chi connectivity index (χ0) is 27.9. The zero-order valence-corrected chi connectivity index (χ0v) is 22.5. The fourth-order valence-electron chi connectivity index (χ4n) is 4.75. The Hall–Kier alpha value is -3.90. The van der Waals surface area contributed by atoms with Crippen LogP contribution < -0.4 is 14.9 Å². The Labute approximate surface area is 229 Å². The van der Waals surface area contributed by atoms with Crippen LogP contribution in [0.25, 0.3) is 5.69 Å². The highest BCUT2D eigenvalue weighted by Gasteiger charge is 2.42. The lowest BCUT2D eigenvalue weighted by Gasteiger charge is -2.29. The first-order valence-corrected chi connectivity index (χ1v) is 14.2. The van der Waals surface area contributed by atoms with Gasteiger partial charge in [-0.2, -0.15) is 13.2 Å². The number of pyridine rings is 1. The van der Waals surface area contributed by atoms with E-state index in [1.54, 1.807) is 54.2 Å². The third-order valence-electron chi connectivity index (χ3n) is 6.42. The quantitative estimate of drug-likeness (QED) is 0.287. The van der Waals surface area contributed by atoms with Crippen LogP contribution in [0.3, 0.4) is 0 Å². The second-order valence-electron chi connectivity index (χ2n) is 9.22. The van der Waals surface area contributed by atoms with Crippen molar-refractivity contribution >= 4 is 38.7 Å². The van der Waals surface area contributed by atoms with Crippen molar-refractivity contribution < 1.29 is 21.6 Å². The van der Waals surface area contributed by atoms with Gasteiger partial charge in [-0.05, 0) is 85.4 Å². The Morgan fingerprint density at radius 3 is 2.46 bits per heavy atom. The van der Waals surface area contributed by atoms with Gasteiger partial charge in [0.15, 0.2) is 5.11 Å². The molecule has 1 fully saturated rings. The number of sulfonamides is 1. The van der Waals surface area contributed by atoms with E-state index >= 15 is 0 Å². The first-order chi connectivity index (χ1) is 18.4. The monoisotopic (exact) mass is 571 g/mol. The van der Waals surface area contributed by atoms with Crippen LogP contribution in [0.5, 0.6) is 0 Å². The summed E-state index contributed by atoms with van der Waals surface area (Å²) in [6.45, 7) is 1.78. The predicted octanol–water partition coefficient (Wildman–Crippen LogP) is 5.75. The minimum absolute atomic E-state index is 0.353. The van der Waals surface area contributed by atoms with E-state index in [1.165, 1.54) is 6.07 Å². The van der Waals surface area contributed by atoms with Crippen molar-refractivity contribution in [3.63, 3.8) is 0 Å². The van der Waals surface area contributed by atoms with Crippen molar-refractivity contribution in [3.8, 4) is 5.69 Å². The van der Waals surface area contributed by atoms with Gasteiger partial charge in [-0.1, -0.05) is 12.1 Å². The van der Waals surface area contributed by atoms with Gasteiger partial charge >= 0.3 is 6.18 Å². The lowest BCUT2D eigenvalue weighted by molar-refractivity contribution is -0.137. The molecule has 1 aliphatic heterocycles. The molecule has 0 unspecified atom stereocenters. The van der Waals surface area contributed by atoms with Crippen molar-refractivity contribution in [1.29, 1.82) is 0 Å². The number of halogens is 3. The van der Waals surface area contributed by atoms with Crippen LogP contribution in [0.4, 0.5) is 24.5 Å². The summed E-state index contributed by atoms with van der Waals surface area (Å²) in [5, 5.41) is 3.73. The summed E-state index contributed by atoms with van der Waals surface area (Å²) in [5.41, 5.74) is 2.79. The molecule has 2 aromatic carbocycles. The van der Waals surface area contributed by atoms with E-state index in [2.05, 4.69) is 15.0 Å². The van der Waals surface area contributed by atoms with Crippen LogP contribution in [0, 0.1) is 6.92 Å². The first-order valence-electron chi connectivity index (χ1n) is 11.9. The van der Waals surface area contributed by atoms with Gasteiger partial charge in [-0.15, -0.1) is 0 Å². The average molecular weight is 572 g/mol. The molecule has 3 heterocycles. The lowest BCUT2D eigenvalue weighted by atomic mass is 10.00. The predicted molar refractivity (Wildman–Crippen MR) is 148 cm³/mol. The fraction of sp³-hybridized carbons (Fsp3) is 0.185. The lowest BCUT2D eigenvalue weighted by Crippen LogP contribution is -2.30. The third kappa shape index (κ3) is 5.48. The summed E-state index contributed by atoms with van der Waals surface area (Å²) in [6.07, 6.45) is -0.0252. The zero-order valence-electron chi connectivity index (χ0n) is 20.8. The Balaban J connectivity index is 1.64. The summed E-state index contributed by atoms with van der Waals surface area (Å²) in [6, 6.07) is 18.6. The number of anilines is 2. The van der Waals surface area contributed by atoms with E-state index in [4.69, 9.17) is 12.2 Å². The van der Waals surface area contributed by atoms with Crippen molar-refractivity contribution in [2.45, 2.75) is 25.2 Å². The maximum absolute atomic E-state index is 13.5. The highest BCUT2D eigenvalue weighted by atomic mass is 32.2. The van der Waals surface area contributed by atoms with Gasteiger partial charge in [0.2, 0.25) is 10.0 Å². The van der Waals surface area contributed by atoms with Crippen LogP contribution in [-0.4, -0.2) is 29.3 Å². The van der Waals surface area contributed by atoms with Gasteiger partial charge in [-0.3, -0.25) is 9.71 Å². The number of nitrogens with one attached hydrogen (secondary N) is 2. The molecule has 1 saturated heterocycles. The molecule has 2 aromatic heterocycles. The highest BCUT2D eigenvalue weighted by molar-refractivity contribution is 7.92. The van der Waals surface area contributed by atoms with Crippen LogP contribution in [-0.2, 0) is 16.2 Å². The molecule has 7 nitrogen and oxygen atoms in total. The van der Waals surface area contributed by atoms with Gasteiger partial charge in [0.05, 0.1) is 29.2 Å². The maximum atomic E-state index is 13.5. The van der Waals surface area contributed by atoms with Crippen molar-refractivity contribution in [2.24, 2.45) is 0 Å². The standard InChI is InChI=1S/C27H24F3N5O2S2/c1-17-15-20(11-12-21(17)33-39(2,36)37)35-25(24(32-26(35)38)22-9-3-4-13-31-22)23-10-6-14-34(23)19-8-5-7-18(16-19)27(28,29)30/h3-16,24-25,33H,1-2H3,(H,32,38)/t24-,25-/m0/s1. The number of rotatable bonds is 6. The van der Waals surface area contributed by atoms with Crippen LogP contribution in [0.2, 0.25) is 0 Å². The topological polar surface area (TPSA) is 79.3 Å². The fourth-order valence-corrected chi connectivity index (χ4v) is 5.72. The van der Waals surface area contributed by atoms with E-state index in [1.807, 2.05) is 29.2 Å². The number of thiocarbonyl (C=S) groups is 1. The molecule has 5 rings (SSSR count). The van der Waals surface area contributed by atoms with Crippen LogP contribution >= 0.6 is 12.2 Å². The normalized spacial score (nSPS) is 17.8. The molecule has 0 spiro atoms. The minimum atomic E-state index is -4.48. The second kappa shape index (κ2) is 10.0. The smallest absolute Gasteiger partial charge is 0.351 e. The molecule has 0 saturated carbocycles. The van der Waals surface area contributed by atoms with Gasteiger partial charge < -0.3 is 14.8 Å². The molecule has 0 aliphatic carbocycles. The Morgan fingerprint density at radius 1 is 1.00 bits per heavy atom. The Bertz CT molecular complexity index is 1640. The summed E-state index contributed by atoms with van der Waals surface area (Å²) in [5.74, 6) is 0. The van der Waals surface area contributed by atoms with E-state index in [-0.39, 0.29) is 0 Å². The Morgan fingerprint density at radius 2 is 1.79 bits per heavy atom. The SMILES string of the molecule is Cc1cc(N2C(=S)N[C@@H](c3ccccn3)[C@@H]2c2cccn2-c2cccc(C(F)(F)F)c2)ccc1NS(C)(=O)=O. The third-order valence-corrected chi connectivity index (χ3v) is 7.32. The number of nitrogens with zero attached hydrogens (tertiary/aromatic N) is 3. The number of hydrogen-bond acceptors (Lipinski definition) is 4. The number of aryl methyl sites for hydroxylation is 1. The molecule has 0 amide bonds. The number of aromatic nitrogens is 2. The molecule has 2 atom stereocenters. The van der Waals surface area contributed by atoms with Gasteiger partial charge in [0.25, 0.3) is 0 Å². The summed E-state index contributed by atoms with van der Waals surface area (Å²) in [7, 11) is -3.48. The second-order valence-corrected chi connectivity index (χ2v) is 11.4. The molecule has 0 bridgehead atoms. The highest BCUT2D eigenvalue weighted by Crippen LogP contribution is 2.43. The van der Waals surface area contributed by atoms with E-state index < -0.39 is 33.8 Å². The molecule has 12 heteroatoms. The largest absolute Gasteiger partial charge is 0.416 e. The molecule has 39 heavy (non-hydrogen) atoms. The van der Waals surface area contributed by atoms with Crippen LogP contribution in [0.15, 0.2) is 85.2 Å². The molecule has 202 valence electrons. The first kappa shape index (κ1) is 26.7. The molecule has 0 radical (unpaired) electrons. The number of hydrogen-bond donors (Lipinski definition) is 2. The number of alkyl halides is 3. The Kier molecular flexibility index (Phi) is 6.85. The molecular weight excluding hydrogens is 547 g/mol. The minimum Gasteiger partial charge on any atom is -0.351 e. The van der Waals surface area contributed by atoms with Crippen molar-refractivity contribution in [3.05, 3.63) is 108 Å². The molecular formula is C27H24F3N5O2S2.